The minimum atomic E-state index is -0.0330. The van der Waals surface area contributed by atoms with Gasteiger partial charge in [0.25, 0.3) is 0 Å². The first kappa shape index (κ1) is 15.3. The molecule has 3 rings (SSSR count). The Kier molecular flexibility index (Phi) is 4.60. The highest BCUT2D eigenvalue weighted by molar-refractivity contribution is 5.39. The van der Waals surface area contributed by atoms with Crippen LogP contribution < -0.4 is 5.73 Å². The highest BCUT2D eigenvalue weighted by Crippen LogP contribution is 2.27. The Labute approximate surface area is 134 Å². The number of aryl methyl sites for hydroxylation is 2. The maximum Gasteiger partial charge on any atom is 0.0551 e. The van der Waals surface area contributed by atoms with Crippen molar-refractivity contribution in [3.8, 4) is 0 Å². The molecule has 2 aromatic carbocycles. The number of benzene rings is 2. The first-order chi connectivity index (χ1) is 10.6. The van der Waals surface area contributed by atoms with E-state index < -0.39 is 0 Å². The fraction of sp³-hybridized carbons (Fsp3) is 0.400. The van der Waals surface area contributed by atoms with Gasteiger partial charge < -0.3 is 10.6 Å². The average Bonchev–Trinajstić information content (AvgIpc) is 2.53. The Morgan fingerprint density at radius 1 is 0.955 bits per heavy atom. The van der Waals surface area contributed by atoms with Crippen LogP contribution in [0, 0.1) is 0 Å². The molecule has 0 spiro atoms. The molecular weight excluding hydrogens is 268 g/mol. The summed E-state index contributed by atoms with van der Waals surface area (Å²) in [6, 6.07) is 15.5. The summed E-state index contributed by atoms with van der Waals surface area (Å²) in [6.45, 7) is 0.949. The number of hydrogen-bond acceptors (Lipinski definition) is 2. The molecule has 0 aliphatic heterocycles. The van der Waals surface area contributed by atoms with Crippen molar-refractivity contribution < 1.29 is 0 Å². The zero-order valence-electron chi connectivity index (χ0n) is 13.7. The molecule has 1 unspecified atom stereocenters. The number of hydrogen-bond donors (Lipinski definition) is 1. The van der Waals surface area contributed by atoms with E-state index in [0.29, 0.717) is 0 Å². The fourth-order valence-corrected chi connectivity index (χ4v) is 3.39. The van der Waals surface area contributed by atoms with Gasteiger partial charge in [0, 0.05) is 6.54 Å². The van der Waals surface area contributed by atoms with Gasteiger partial charge in [0.2, 0.25) is 0 Å². The maximum atomic E-state index is 6.54. The first-order valence-corrected chi connectivity index (χ1v) is 8.24. The normalized spacial score (nSPS) is 15.6. The topological polar surface area (TPSA) is 29.3 Å². The van der Waals surface area contributed by atoms with Crippen LogP contribution in [0.2, 0.25) is 0 Å². The Balaban J connectivity index is 1.85. The molecule has 0 bridgehead atoms. The van der Waals surface area contributed by atoms with E-state index in [1.807, 2.05) is 0 Å². The number of nitrogens with two attached hydrogens (primary N) is 1. The van der Waals surface area contributed by atoms with E-state index in [1.54, 1.807) is 0 Å². The number of fused-ring (bicyclic) bond motifs is 1. The maximum absolute atomic E-state index is 6.54. The van der Waals surface area contributed by atoms with E-state index in [0.717, 1.165) is 6.54 Å². The molecule has 2 N–H and O–H groups in total. The Morgan fingerprint density at radius 2 is 1.68 bits per heavy atom. The lowest BCUT2D eigenvalue weighted by atomic mass is 9.88. The molecule has 116 valence electrons. The van der Waals surface area contributed by atoms with E-state index in [2.05, 4.69) is 61.5 Å². The molecular formula is C20H26N2. The summed E-state index contributed by atoms with van der Waals surface area (Å²) in [4.78, 5) is 2.18. The predicted molar refractivity (Wildman–Crippen MR) is 92.9 cm³/mol. The molecule has 0 aromatic heterocycles. The van der Waals surface area contributed by atoms with Crippen molar-refractivity contribution in [2.24, 2.45) is 5.73 Å². The zero-order valence-corrected chi connectivity index (χ0v) is 13.7. The van der Waals surface area contributed by atoms with Crippen LogP contribution in [0.25, 0.3) is 0 Å². The Morgan fingerprint density at radius 3 is 2.45 bits per heavy atom. The molecule has 0 amide bonds. The molecule has 1 aliphatic rings. The standard InChI is InChI=1S/C20H26N2/c1-22(2)14-15-6-5-9-18(12-15)20(21)19-11-10-16-7-3-4-8-17(16)13-19/h5-6,9-13,20H,3-4,7-8,14,21H2,1-2H3. The third-order valence-electron chi connectivity index (χ3n) is 4.54. The second kappa shape index (κ2) is 6.64. The van der Waals surface area contributed by atoms with Crippen molar-refractivity contribution in [2.75, 3.05) is 14.1 Å². The van der Waals surface area contributed by atoms with E-state index in [9.17, 15) is 0 Å². The molecule has 2 nitrogen and oxygen atoms in total. The lowest BCUT2D eigenvalue weighted by molar-refractivity contribution is 0.402. The van der Waals surface area contributed by atoms with Gasteiger partial charge in [0.05, 0.1) is 6.04 Å². The summed E-state index contributed by atoms with van der Waals surface area (Å²) < 4.78 is 0. The van der Waals surface area contributed by atoms with Crippen LogP contribution in [-0.4, -0.2) is 19.0 Å². The van der Waals surface area contributed by atoms with Crippen LogP contribution in [0.5, 0.6) is 0 Å². The van der Waals surface area contributed by atoms with E-state index >= 15 is 0 Å². The summed E-state index contributed by atoms with van der Waals surface area (Å²) in [5.74, 6) is 0. The van der Waals surface area contributed by atoms with Crippen molar-refractivity contribution in [1.29, 1.82) is 0 Å². The predicted octanol–water partition coefficient (Wildman–Crippen LogP) is 3.68. The molecule has 0 fully saturated rings. The minimum absolute atomic E-state index is 0.0330. The SMILES string of the molecule is CN(C)Cc1cccc(C(N)c2ccc3c(c2)CCCC3)c1. The molecule has 0 heterocycles. The monoisotopic (exact) mass is 294 g/mol. The molecule has 0 saturated heterocycles. The Hall–Kier alpha value is -1.64. The van der Waals surface area contributed by atoms with Gasteiger partial charge in [-0.2, -0.15) is 0 Å². The highest BCUT2D eigenvalue weighted by Gasteiger charge is 2.14. The first-order valence-electron chi connectivity index (χ1n) is 8.24. The van der Waals surface area contributed by atoms with E-state index in [-0.39, 0.29) is 6.04 Å². The number of nitrogens with zero attached hydrogens (tertiary/aromatic N) is 1. The largest absolute Gasteiger partial charge is 0.320 e. The van der Waals surface area contributed by atoms with Gasteiger partial charge in [0.1, 0.15) is 0 Å². The summed E-state index contributed by atoms with van der Waals surface area (Å²) in [5.41, 5.74) is 13.3. The molecule has 0 saturated carbocycles. The average molecular weight is 294 g/mol. The minimum Gasteiger partial charge on any atom is -0.320 e. The van der Waals surface area contributed by atoms with Gasteiger partial charge in [-0.25, -0.2) is 0 Å². The van der Waals surface area contributed by atoms with Crippen LogP contribution in [-0.2, 0) is 19.4 Å². The molecule has 1 atom stereocenters. The van der Waals surface area contributed by atoms with Crippen molar-refractivity contribution in [1.82, 2.24) is 4.90 Å². The van der Waals surface area contributed by atoms with Gasteiger partial charge in [0.15, 0.2) is 0 Å². The Bertz CT molecular complexity index is 646. The molecule has 2 heteroatoms. The summed E-state index contributed by atoms with van der Waals surface area (Å²) in [6.07, 6.45) is 5.06. The van der Waals surface area contributed by atoms with Crippen LogP contribution in [0.4, 0.5) is 0 Å². The molecule has 0 radical (unpaired) electrons. The van der Waals surface area contributed by atoms with E-state index in [4.69, 9.17) is 5.73 Å². The second-order valence-electron chi connectivity index (χ2n) is 6.70. The summed E-state index contributed by atoms with van der Waals surface area (Å²) in [7, 11) is 4.19. The van der Waals surface area contributed by atoms with Gasteiger partial charge in [-0.3, -0.25) is 0 Å². The summed E-state index contributed by atoms with van der Waals surface area (Å²) in [5, 5.41) is 0. The highest BCUT2D eigenvalue weighted by atomic mass is 15.0. The van der Waals surface area contributed by atoms with Gasteiger partial charge in [-0.1, -0.05) is 42.5 Å². The van der Waals surface area contributed by atoms with Crippen LogP contribution >= 0.6 is 0 Å². The van der Waals surface area contributed by atoms with Crippen LogP contribution in [0.15, 0.2) is 42.5 Å². The quantitative estimate of drug-likeness (QED) is 0.932. The van der Waals surface area contributed by atoms with Gasteiger partial charge >= 0.3 is 0 Å². The molecule has 1 aliphatic carbocycles. The second-order valence-corrected chi connectivity index (χ2v) is 6.70. The lowest BCUT2D eigenvalue weighted by Gasteiger charge is -2.20. The third-order valence-corrected chi connectivity index (χ3v) is 4.54. The van der Waals surface area contributed by atoms with Crippen molar-refractivity contribution in [2.45, 2.75) is 38.3 Å². The zero-order chi connectivity index (χ0) is 15.5. The van der Waals surface area contributed by atoms with Crippen molar-refractivity contribution >= 4 is 0 Å². The van der Waals surface area contributed by atoms with Gasteiger partial charge in [-0.05, 0) is 67.6 Å². The third kappa shape index (κ3) is 3.40. The van der Waals surface area contributed by atoms with Crippen LogP contribution in [0.3, 0.4) is 0 Å². The molecule has 2 aromatic rings. The smallest absolute Gasteiger partial charge is 0.0551 e. The van der Waals surface area contributed by atoms with Gasteiger partial charge in [-0.15, -0.1) is 0 Å². The molecule has 22 heavy (non-hydrogen) atoms. The number of rotatable bonds is 4. The summed E-state index contributed by atoms with van der Waals surface area (Å²) >= 11 is 0. The van der Waals surface area contributed by atoms with Crippen molar-refractivity contribution in [3.05, 3.63) is 70.3 Å². The van der Waals surface area contributed by atoms with Crippen LogP contribution in [0.1, 0.15) is 46.7 Å². The fourth-order valence-electron chi connectivity index (χ4n) is 3.39. The van der Waals surface area contributed by atoms with Crippen molar-refractivity contribution in [3.63, 3.8) is 0 Å². The lowest BCUT2D eigenvalue weighted by Crippen LogP contribution is -2.15. The van der Waals surface area contributed by atoms with E-state index in [1.165, 1.54) is 53.5 Å².